The molecule has 8 nitrogen and oxygen atoms in total. The molecule has 4 rings (SSSR count). The van der Waals surface area contributed by atoms with Crippen LogP contribution in [0.2, 0.25) is 10.0 Å². The highest BCUT2D eigenvalue weighted by Crippen LogP contribution is 2.31. The summed E-state index contributed by atoms with van der Waals surface area (Å²) in [6.07, 6.45) is 1.72. The van der Waals surface area contributed by atoms with Crippen LogP contribution in [0, 0.1) is 5.92 Å². The number of carbonyl (C=O) groups is 3. The fraction of sp³-hybridized carbons (Fsp3) is 0.273. The Balaban J connectivity index is 1.73. The highest BCUT2D eigenvalue weighted by atomic mass is 35.5. The number of amides is 3. The summed E-state index contributed by atoms with van der Waals surface area (Å²) >= 11 is 12.3. The van der Waals surface area contributed by atoms with E-state index in [1.807, 2.05) is 24.5 Å². The van der Waals surface area contributed by atoms with E-state index in [-0.39, 0.29) is 29.2 Å². The summed E-state index contributed by atoms with van der Waals surface area (Å²) in [4.78, 5) is 44.5. The molecule has 0 radical (unpaired) electrons. The van der Waals surface area contributed by atoms with Crippen molar-refractivity contribution < 1.29 is 19.5 Å². The van der Waals surface area contributed by atoms with E-state index >= 15 is 0 Å². The number of imide groups is 1. The molecule has 1 fully saturated rings. The number of nitrogens with zero attached hydrogens (tertiary/aromatic N) is 4. The van der Waals surface area contributed by atoms with Gasteiger partial charge in [0.2, 0.25) is 5.91 Å². The topological polar surface area (TPSA) is 95.7 Å². The van der Waals surface area contributed by atoms with Crippen molar-refractivity contribution >= 4 is 57.8 Å². The van der Waals surface area contributed by atoms with E-state index in [2.05, 4.69) is 4.98 Å². The Morgan fingerprint density at radius 2 is 1.97 bits per heavy atom. The van der Waals surface area contributed by atoms with E-state index in [9.17, 15) is 19.5 Å². The zero-order valence-corrected chi connectivity index (χ0v) is 18.8. The lowest BCUT2D eigenvalue weighted by Gasteiger charge is -2.37. The van der Waals surface area contributed by atoms with Gasteiger partial charge in [0.25, 0.3) is 0 Å². The van der Waals surface area contributed by atoms with Gasteiger partial charge in [-0.3, -0.25) is 19.4 Å². The molecule has 1 aromatic heterocycles. The Hall–Kier alpha value is -3.10. The number of rotatable bonds is 5. The van der Waals surface area contributed by atoms with E-state index in [1.54, 1.807) is 36.7 Å². The lowest BCUT2D eigenvalue weighted by Crippen LogP contribution is -2.58. The number of anilines is 1. The number of urea groups is 1. The minimum absolute atomic E-state index is 0.193. The fourth-order valence-corrected chi connectivity index (χ4v) is 4.13. The standard InChI is InChI=1S/C22H20Cl2N4O4/c1-12(2)28-11-25-17-8-14(6-7-18(17)28)26-10-15(21(30)31)20(29)27(22(26)32)9-13-4-3-5-16(23)19(13)24/h3-8,11-12,15H,9-10H2,1-2H3,(H,30,31). The maximum Gasteiger partial charge on any atom is 0.331 e. The van der Waals surface area contributed by atoms with Gasteiger partial charge in [0, 0.05) is 18.3 Å². The van der Waals surface area contributed by atoms with Crippen molar-refractivity contribution in [3.8, 4) is 0 Å². The van der Waals surface area contributed by atoms with Crippen molar-refractivity contribution in [1.29, 1.82) is 0 Å². The molecule has 1 atom stereocenters. The summed E-state index contributed by atoms with van der Waals surface area (Å²) in [7, 11) is 0. The molecule has 0 bridgehead atoms. The molecule has 1 aliphatic rings. The van der Waals surface area contributed by atoms with Crippen LogP contribution in [0.25, 0.3) is 11.0 Å². The maximum absolute atomic E-state index is 13.3. The molecule has 0 saturated carbocycles. The molecule has 1 unspecified atom stereocenters. The van der Waals surface area contributed by atoms with Crippen LogP contribution in [0.1, 0.15) is 25.5 Å². The number of aliphatic carboxylic acids is 1. The number of carboxylic acids is 1. The third-order valence-electron chi connectivity index (χ3n) is 5.48. The molecule has 0 spiro atoms. The normalized spacial score (nSPS) is 17.0. The van der Waals surface area contributed by atoms with Gasteiger partial charge in [-0.05, 0) is 43.7 Å². The van der Waals surface area contributed by atoms with Gasteiger partial charge < -0.3 is 9.67 Å². The van der Waals surface area contributed by atoms with Crippen LogP contribution in [-0.2, 0) is 16.1 Å². The third kappa shape index (κ3) is 3.80. The van der Waals surface area contributed by atoms with Crippen LogP contribution in [-0.4, -0.2) is 44.0 Å². The molecule has 10 heteroatoms. The van der Waals surface area contributed by atoms with Gasteiger partial charge in [0.1, 0.15) is 0 Å². The second-order valence-electron chi connectivity index (χ2n) is 7.84. The molecule has 2 aromatic carbocycles. The fourth-order valence-electron chi connectivity index (χ4n) is 3.75. The summed E-state index contributed by atoms with van der Waals surface area (Å²) in [6, 6.07) is 9.70. The largest absolute Gasteiger partial charge is 0.481 e. The quantitative estimate of drug-likeness (QED) is 0.545. The molecule has 2 heterocycles. The number of aromatic nitrogens is 2. The zero-order valence-electron chi connectivity index (χ0n) is 17.3. The van der Waals surface area contributed by atoms with Crippen LogP contribution in [0.3, 0.4) is 0 Å². The number of benzene rings is 2. The molecule has 3 aromatic rings. The highest BCUT2D eigenvalue weighted by Gasteiger charge is 2.43. The van der Waals surface area contributed by atoms with Crippen molar-refractivity contribution in [1.82, 2.24) is 14.5 Å². The first-order chi connectivity index (χ1) is 15.2. The third-order valence-corrected chi connectivity index (χ3v) is 6.33. The van der Waals surface area contributed by atoms with Crippen LogP contribution in [0.4, 0.5) is 10.5 Å². The Kier molecular flexibility index (Phi) is 5.83. The van der Waals surface area contributed by atoms with Gasteiger partial charge in [-0.25, -0.2) is 9.78 Å². The monoisotopic (exact) mass is 474 g/mol. The lowest BCUT2D eigenvalue weighted by molar-refractivity contribution is -0.150. The smallest absolute Gasteiger partial charge is 0.331 e. The van der Waals surface area contributed by atoms with Crippen molar-refractivity contribution in [3.63, 3.8) is 0 Å². The number of halogens is 2. The van der Waals surface area contributed by atoms with Crippen molar-refractivity contribution in [2.45, 2.75) is 26.4 Å². The number of fused-ring (bicyclic) bond motifs is 1. The average Bonchev–Trinajstić information content (AvgIpc) is 3.17. The lowest BCUT2D eigenvalue weighted by atomic mass is 10.0. The van der Waals surface area contributed by atoms with Crippen LogP contribution in [0.15, 0.2) is 42.7 Å². The van der Waals surface area contributed by atoms with E-state index < -0.39 is 23.8 Å². The predicted molar refractivity (Wildman–Crippen MR) is 121 cm³/mol. The first-order valence-corrected chi connectivity index (χ1v) is 10.7. The molecule has 1 N–H and O–H groups in total. The number of carbonyl (C=O) groups excluding carboxylic acids is 2. The van der Waals surface area contributed by atoms with Crippen molar-refractivity contribution in [2.24, 2.45) is 5.92 Å². The van der Waals surface area contributed by atoms with Crippen LogP contribution in [0.5, 0.6) is 0 Å². The molecule has 3 amide bonds. The first-order valence-electron chi connectivity index (χ1n) is 9.94. The van der Waals surface area contributed by atoms with Gasteiger partial charge in [-0.15, -0.1) is 0 Å². The van der Waals surface area contributed by atoms with Gasteiger partial charge in [0.05, 0.1) is 34.0 Å². The van der Waals surface area contributed by atoms with E-state index in [1.165, 1.54) is 4.90 Å². The highest BCUT2D eigenvalue weighted by molar-refractivity contribution is 6.42. The molecule has 166 valence electrons. The van der Waals surface area contributed by atoms with Gasteiger partial charge >= 0.3 is 12.0 Å². The van der Waals surface area contributed by atoms with Gasteiger partial charge in [-0.2, -0.15) is 0 Å². The molecule has 0 aliphatic carbocycles. The van der Waals surface area contributed by atoms with Crippen molar-refractivity contribution in [2.75, 3.05) is 11.4 Å². The Morgan fingerprint density at radius 1 is 1.22 bits per heavy atom. The number of imidazole rings is 1. The minimum Gasteiger partial charge on any atom is -0.481 e. The van der Waals surface area contributed by atoms with Crippen LogP contribution >= 0.6 is 23.2 Å². The zero-order chi connectivity index (χ0) is 23.2. The molecule has 1 saturated heterocycles. The second kappa shape index (κ2) is 8.44. The van der Waals surface area contributed by atoms with E-state index in [0.29, 0.717) is 16.8 Å². The van der Waals surface area contributed by atoms with Gasteiger partial charge in [-0.1, -0.05) is 35.3 Å². The Morgan fingerprint density at radius 3 is 2.66 bits per heavy atom. The summed E-state index contributed by atoms with van der Waals surface area (Å²) in [5.41, 5.74) is 2.45. The first kappa shape index (κ1) is 22.1. The van der Waals surface area contributed by atoms with Crippen LogP contribution < -0.4 is 4.90 Å². The number of carboxylic acid groups (broad SMARTS) is 1. The maximum atomic E-state index is 13.3. The average molecular weight is 475 g/mol. The number of hydrogen-bond donors (Lipinski definition) is 1. The minimum atomic E-state index is -1.41. The summed E-state index contributed by atoms with van der Waals surface area (Å²) < 4.78 is 1.99. The van der Waals surface area contributed by atoms with E-state index in [4.69, 9.17) is 23.2 Å². The van der Waals surface area contributed by atoms with Gasteiger partial charge in [0.15, 0.2) is 5.92 Å². The Bertz CT molecular complexity index is 1240. The summed E-state index contributed by atoms with van der Waals surface area (Å²) in [5.74, 6) is -3.51. The molecular weight excluding hydrogens is 455 g/mol. The molecule has 1 aliphatic heterocycles. The molecule has 32 heavy (non-hydrogen) atoms. The molecular formula is C22H20Cl2N4O4. The predicted octanol–water partition coefficient (Wildman–Crippen LogP) is 4.59. The van der Waals surface area contributed by atoms with E-state index in [0.717, 1.165) is 10.4 Å². The summed E-state index contributed by atoms with van der Waals surface area (Å²) in [6.45, 7) is 3.60. The second-order valence-corrected chi connectivity index (χ2v) is 8.63. The SMILES string of the molecule is CC(C)n1cnc2cc(N3CC(C(=O)O)C(=O)N(Cc4cccc(Cl)c4Cl)C3=O)ccc21. The number of hydrogen-bond acceptors (Lipinski definition) is 4. The Labute approximate surface area is 193 Å². The van der Waals surface area contributed by atoms with Crippen molar-refractivity contribution in [3.05, 3.63) is 58.3 Å². The summed E-state index contributed by atoms with van der Waals surface area (Å²) in [5, 5.41) is 10.1.